The van der Waals surface area contributed by atoms with Crippen LogP contribution in [0.5, 0.6) is 11.5 Å². The molecule has 1 aliphatic rings. The molecule has 0 aliphatic heterocycles. The Morgan fingerprint density at radius 1 is 0.731 bits per heavy atom. The van der Waals surface area contributed by atoms with Crippen LogP contribution in [-0.4, -0.2) is 53.9 Å². The molecule has 4 aromatic carbocycles. The average molecular weight is 735 g/mol. The van der Waals surface area contributed by atoms with Gasteiger partial charge in [-0.25, -0.2) is 21.9 Å². The molecule has 4 aromatic rings. The summed E-state index contributed by atoms with van der Waals surface area (Å²) in [5.74, 6) is -9.73. The average Bonchev–Trinajstić information content (AvgIpc) is 3.15. The largest absolute Gasteiger partial charge is 0.450 e. The number of anilines is 2. The Morgan fingerprint density at radius 2 is 1.29 bits per heavy atom. The summed E-state index contributed by atoms with van der Waals surface area (Å²) in [6.45, 7) is 13.3. The molecule has 0 bridgehead atoms. The number of halogens is 4. The maximum atomic E-state index is 15.7. The fraction of sp³-hybridized carbons (Fsp3) is 0.275. The number of fused-ring (bicyclic) bond motifs is 1. The van der Waals surface area contributed by atoms with Crippen molar-refractivity contribution in [1.82, 2.24) is 4.72 Å². The second kappa shape index (κ2) is 16.2. The van der Waals surface area contributed by atoms with Crippen LogP contribution in [0.15, 0.2) is 88.8 Å². The van der Waals surface area contributed by atoms with Gasteiger partial charge < -0.3 is 14.5 Å². The summed E-state index contributed by atoms with van der Waals surface area (Å²) in [7, 11) is -4.04. The van der Waals surface area contributed by atoms with Gasteiger partial charge in [-0.3, -0.25) is 4.99 Å². The van der Waals surface area contributed by atoms with Crippen LogP contribution in [0, 0.1) is 23.3 Å². The van der Waals surface area contributed by atoms with Gasteiger partial charge in [-0.05, 0) is 88.7 Å². The summed E-state index contributed by atoms with van der Waals surface area (Å²) in [4.78, 5) is 7.06. The van der Waals surface area contributed by atoms with E-state index in [1.807, 2.05) is 92.4 Å². The van der Waals surface area contributed by atoms with E-state index in [9.17, 15) is 8.42 Å². The third-order valence-electron chi connectivity index (χ3n) is 9.08. The molecule has 0 saturated heterocycles. The van der Waals surface area contributed by atoms with Crippen LogP contribution < -0.4 is 19.3 Å². The first-order chi connectivity index (χ1) is 25.0. The normalized spacial score (nSPS) is 14.4. The van der Waals surface area contributed by atoms with E-state index in [1.54, 1.807) is 16.9 Å². The Kier molecular flexibility index (Phi) is 11.9. The maximum absolute atomic E-state index is 15.7. The molecule has 0 amide bonds. The van der Waals surface area contributed by atoms with E-state index in [2.05, 4.69) is 23.7 Å². The lowest BCUT2D eigenvalue weighted by Crippen LogP contribution is -2.23. The monoisotopic (exact) mass is 734 g/mol. The maximum Gasteiger partial charge on any atom is 0.246 e. The highest BCUT2D eigenvalue weighted by molar-refractivity contribution is 7.89. The number of sulfonamides is 1. The molecular weight excluding hydrogens is 693 g/mol. The van der Waals surface area contributed by atoms with Crippen LogP contribution in [0.4, 0.5) is 28.9 Å². The lowest BCUT2D eigenvalue weighted by atomic mass is 9.83. The van der Waals surface area contributed by atoms with Crippen molar-refractivity contribution in [3.05, 3.63) is 124 Å². The topological polar surface area (TPSA) is 74.2 Å². The molecule has 0 saturated carbocycles. The van der Waals surface area contributed by atoms with Gasteiger partial charge in [0.25, 0.3) is 0 Å². The molecule has 0 unspecified atom stereocenters. The fourth-order valence-electron chi connectivity index (χ4n) is 6.41. The van der Waals surface area contributed by atoms with Gasteiger partial charge in [0.1, 0.15) is 5.75 Å². The minimum atomic E-state index is -4.91. The molecule has 0 fully saturated rings. The Balaban J connectivity index is 1.86. The highest BCUT2D eigenvalue weighted by atomic mass is 32.2. The quantitative estimate of drug-likeness (QED) is 0.110. The van der Waals surface area contributed by atoms with Crippen molar-refractivity contribution in [2.75, 3.05) is 49.6 Å². The Bertz CT molecular complexity index is 2130. The molecule has 12 heteroatoms. The van der Waals surface area contributed by atoms with E-state index in [4.69, 9.17) is 4.74 Å². The van der Waals surface area contributed by atoms with Gasteiger partial charge >= 0.3 is 0 Å². The van der Waals surface area contributed by atoms with Crippen molar-refractivity contribution in [3.8, 4) is 11.5 Å². The summed E-state index contributed by atoms with van der Waals surface area (Å²) in [5.41, 5.74) is 6.59. The summed E-state index contributed by atoms with van der Waals surface area (Å²) in [6, 6.07) is 20.8. The second-order valence-electron chi connectivity index (χ2n) is 11.8. The number of hydrogen-bond acceptors (Lipinski definition) is 6. The van der Waals surface area contributed by atoms with Crippen LogP contribution in [0.25, 0.3) is 11.1 Å². The van der Waals surface area contributed by atoms with Crippen LogP contribution in [0.2, 0.25) is 0 Å². The Labute approximate surface area is 303 Å². The number of ether oxygens (including phenoxy) is 1. The van der Waals surface area contributed by atoms with Gasteiger partial charge in [-0.1, -0.05) is 42.5 Å². The van der Waals surface area contributed by atoms with Crippen molar-refractivity contribution in [1.29, 1.82) is 0 Å². The molecule has 1 aliphatic carbocycles. The molecule has 5 rings (SSSR count). The number of benzene rings is 4. The molecule has 0 atom stereocenters. The van der Waals surface area contributed by atoms with E-state index in [-0.39, 0.29) is 5.75 Å². The highest BCUT2D eigenvalue weighted by Crippen LogP contribution is 2.44. The fourth-order valence-corrected chi connectivity index (χ4v) is 7.26. The number of aliphatic imine (C=N–C) groups is 1. The minimum absolute atomic E-state index is 0.112. The Hall–Kier alpha value is -4.94. The predicted molar refractivity (Wildman–Crippen MR) is 201 cm³/mol. The minimum Gasteiger partial charge on any atom is -0.450 e. The van der Waals surface area contributed by atoms with Gasteiger partial charge in [0.15, 0.2) is 16.5 Å². The summed E-state index contributed by atoms with van der Waals surface area (Å²) >= 11 is 0. The van der Waals surface area contributed by atoms with Gasteiger partial charge in [0.05, 0.1) is 5.71 Å². The van der Waals surface area contributed by atoms with Crippen molar-refractivity contribution >= 4 is 38.3 Å². The zero-order chi connectivity index (χ0) is 37.7. The smallest absolute Gasteiger partial charge is 0.246 e. The van der Waals surface area contributed by atoms with Gasteiger partial charge in [0, 0.05) is 66.9 Å². The molecule has 7 nitrogen and oxygen atoms in total. The third-order valence-corrected chi connectivity index (χ3v) is 10.5. The van der Waals surface area contributed by atoms with Gasteiger partial charge in [0.2, 0.25) is 27.4 Å². The molecule has 1 N–H and O–H groups in total. The molecule has 0 spiro atoms. The standard InChI is InChI=1S/C40H42F4N4O3S/c1-7-46-32-23-22-30(28-14-12-13-15-29(28)32)34(25-16-18-26(19-17-25)47(8-2)9-3)31-21-20-27(48(10-4)11-5)24-33(31)51-39-35(41)37(43)40(38(44)36(39)42)52(49,50)45-6/h12-24,45H,7-11H2,1-6H3. The lowest BCUT2D eigenvalue weighted by Gasteiger charge is -2.26. The van der Waals surface area contributed by atoms with Crippen LogP contribution >= 0.6 is 0 Å². The highest BCUT2D eigenvalue weighted by Gasteiger charge is 2.34. The van der Waals surface area contributed by atoms with E-state index in [0.717, 1.165) is 53.8 Å². The first-order valence-corrected chi connectivity index (χ1v) is 18.7. The summed E-state index contributed by atoms with van der Waals surface area (Å²) in [6.07, 6.45) is 3.83. The zero-order valence-corrected chi connectivity index (χ0v) is 30.8. The van der Waals surface area contributed by atoms with Crippen LogP contribution in [-0.2, 0) is 10.0 Å². The van der Waals surface area contributed by atoms with Crippen molar-refractivity contribution in [2.45, 2.75) is 39.5 Å². The van der Waals surface area contributed by atoms with E-state index in [0.29, 0.717) is 36.5 Å². The Morgan fingerprint density at radius 3 is 1.85 bits per heavy atom. The van der Waals surface area contributed by atoms with Crippen LogP contribution in [0.3, 0.4) is 0 Å². The van der Waals surface area contributed by atoms with Gasteiger partial charge in [-0.15, -0.1) is 0 Å². The number of nitrogens with one attached hydrogen (secondary N) is 1. The molecule has 52 heavy (non-hydrogen) atoms. The first kappa shape index (κ1) is 38.3. The number of allylic oxidation sites excluding steroid dienone is 3. The zero-order valence-electron chi connectivity index (χ0n) is 30.0. The van der Waals surface area contributed by atoms with E-state index in [1.165, 1.54) is 0 Å². The number of nitrogens with zero attached hydrogens (tertiary/aromatic N) is 3. The molecule has 0 heterocycles. The lowest BCUT2D eigenvalue weighted by molar-refractivity contribution is 0.350. The molecule has 0 radical (unpaired) electrons. The van der Waals surface area contributed by atoms with Crippen molar-refractivity contribution in [3.63, 3.8) is 0 Å². The first-order valence-electron chi connectivity index (χ1n) is 17.2. The SMILES string of the molecule is CCN=C1C=CC(=C(c2ccc(N(CC)CC)cc2)c2ccc(N(CC)CC)cc2Oc2c(F)c(F)c(S(=O)(=O)NC)c(F)c2F)c2ccccc21. The third kappa shape index (κ3) is 7.22. The van der Waals surface area contributed by atoms with E-state index >= 15 is 17.6 Å². The molecular formula is C40H42F4N4O3S. The predicted octanol–water partition coefficient (Wildman–Crippen LogP) is 8.97. The van der Waals surface area contributed by atoms with Crippen molar-refractivity contribution in [2.24, 2.45) is 4.99 Å². The second-order valence-corrected chi connectivity index (χ2v) is 13.6. The number of hydrogen-bond donors (Lipinski definition) is 1. The summed E-state index contributed by atoms with van der Waals surface area (Å²) in [5, 5.41) is 0. The molecule has 0 aromatic heterocycles. The molecule has 274 valence electrons. The van der Waals surface area contributed by atoms with Crippen molar-refractivity contribution < 1.29 is 30.7 Å². The summed E-state index contributed by atoms with van der Waals surface area (Å²) < 4.78 is 94.4. The van der Waals surface area contributed by atoms with Crippen LogP contribution in [0.1, 0.15) is 56.9 Å². The van der Waals surface area contributed by atoms with E-state index < -0.39 is 43.9 Å². The van der Waals surface area contributed by atoms with Gasteiger partial charge in [-0.2, -0.15) is 8.78 Å². The number of rotatable bonds is 13.